The molecule has 9 heteroatoms. The zero-order valence-electron chi connectivity index (χ0n) is 73.8. The highest BCUT2D eigenvalue weighted by Crippen LogP contribution is 2.48. The molecule has 9 nitrogen and oxygen atoms in total. The zero-order chi connectivity index (χ0) is 89.8. The quantitative estimate of drug-likeness (QED) is 0.0932. The lowest BCUT2D eigenvalue weighted by atomic mass is 9.94. The molecule has 0 amide bonds. The van der Waals surface area contributed by atoms with Crippen molar-refractivity contribution in [2.75, 3.05) is 0 Å². The predicted molar refractivity (Wildman–Crippen MR) is 551 cm³/mol. The monoisotopic (exact) mass is 1720 g/mol. The molecule has 3 heterocycles. The van der Waals surface area contributed by atoms with Crippen LogP contribution in [0, 0.1) is 0 Å². The Balaban J connectivity index is 0.000000114. The molecule has 3 aliphatic rings. The average Bonchev–Trinajstić information content (AvgIpc) is 1.63. The second kappa shape index (κ2) is 36.6. The molecule has 0 aliphatic heterocycles. The number of fused-ring (bicyclic) bond motifs is 9. The number of aromatic nitrogens is 9. The highest BCUT2D eigenvalue weighted by atomic mass is 15.1. The lowest BCUT2D eigenvalue weighted by Gasteiger charge is -2.11. The maximum atomic E-state index is 4.96. The number of rotatable bonds is 16. The van der Waals surface area contributed by atoms with E-state index in [1.807, 2.05) is 182 Å². The van der Waals surface area contributed by atoms with Gasteiger partial charge in [-0.05, 0) is 194 Å². The summed E-state index contributed by atoms with van der Waals surface area (Å²) in [5.74, 6) is 5.97. The molecule has 19 aromatic carbocycles. The first-order chi connectivity index (χ1) is 66.9. The van der Waals surface area contributed by atoms with Crippen LogP contribution >= 0.6 is 0 Å². The van der Waals surface area contributed by atoms with Crippen molar-refractivity contribution in [1.82, 2.24) is 44.9 Å². The van der Waals surface area contributed by atoms with E-state index in [4.69, 9.17) is 44.9 Å². The molecule has 0 radical (unpaired) electrons. The van der Waals surface area contributed by atoms with Gasteiger partial charge in [-0.2, -0.15) is 0 Å². The Morgan fingerprint density at radius 3 is 0.548 bits per heavy atom. The van der Waals surface area contributed by atoms with Crippen LogP contribution in [0.3, 0.4) is 0 Å². The molecule has 3 aromatic heterocycles. The van der Waals surface area contributed by atoms with Crippen LogP contribution in [0.25, 0.3) is 214 Å². The van der Waals surface area contributed by atoms with E-state index in [0.717, 1.165) is 80.5 Å². The van der Waals surface area contributed by atoms with Gasteiger partial charge in [-0.1, -0.05) is 449 Å². The van der Waals surface area contributed by atoms with Crippen molar-refractivity contribution in [2.24, 2.45) is 0 Å². The van der Waals surface area contributed by atoms with Crippen LogP contribution in [0.2, 0.25) is 0 Å². The summed E-state index contributed by atoms with van der Waals surface area (Å²) in [4.78, 5) is 44.1. The highest BCUT2D eigenvalue weighted by molar-refractivity contribution is 5.92. The van der Waals surface area contributed by atoms with Gasteiger partial charge in [0.05, 0.1) is 0 Å². The van der Waals surface area contributed by atoms with Crippen LogP contribution in [0.1, 0.15) is 33.4 Å². The Labute approximate surface area is 785 Å². The Kier molecular flexibility index (Phi) is 22.2. The van der Waals surface area contributed by atoms with E-state index in [1.165, 1.54) is 134 Å². The molecule has 0 atom stereocenters. The maximum Gasteiger partial charge on any atom is 0.164 e. The number of hydrogen-bond donors (Lipinski definition) is 0. The second-order valence-electron chi connectivity index (χ2n) is 34.2. The van der Waals surface area contributed by atoms with Gasteiger partial charge in [0.15, 0.2) is 52.4 Å². The van der Waals surface area contributed by atoms with Crippen molar-refractivity contribution < 1.29 is 0 Å². The summed E-state index contributed by atoms with van der Waals surface area (Å²) in [5, 5.41) is 0. The third kappa shape index (κ3) is 16.9. The van der Waals surface area contributed by atoms with Crippen molar-refractivity contribution in [1.29, 1.82) is 0 Å². The van der Waals surface area contributed by atoms with Gasteiger partial charge in [0, 0.05) is 50.1 Å². The van der Waals surface area contributed by atoms with Gasteiger partial charge in [-0.25, -0.2) is 44.9 Å². The van der Waals surface area contributed by atoms with Crippen molar-refractivity contribution in [3.8, 4) is 214 Å². The standard InChI is InChI=1S/C46H31N3.2C40H27N3/c1-4-12-31(13-5-1)32-22-24-33(25-23-32)40-20-11-21-41-42-29-37(26-27-38(42)30-43(40)41)36-18-10-19-39(28-36)46-48-44(34-14-6-2-7-15-34)47-45(49-46)35-16-8-3-9-17-35;1-4-12-27(13-5-1)34-20-11-21-35-36-25-31(22-23-32(36)26-37(34)35)30-18-10-19-33(24-30)40-42-38(28-14-6-2-7-15-28)41-39(43-40)29-16-8-3-9-17-29;1-4-11-28(12-5-1)34-17-10-18-35-36-25-32(23-24-33(36)26-37(34)35)27-19-21-31(22-20-27)40-42-38(29-13-6-2-7-14-29)41-39(43-40)30-15-8-3-9-16-30/h1-29H,30H2;2*1-25H,26H2. The highest BCUT2D eigenvalue weighted by Gasteiger charge is 2.28. The van der Waals surface area contributed by atoms with E-state index in [2.05, 4.69) is 297 Å². The van der Waals surface area contributed by atoms with Crippen molar-refractivity contribution in [2.45, 2.75) is 19.3 Å². The summed E-state index contributed by atoms with van der Waals surface area (Å²) < 4.78 is 0. The fraction of sp³-hybridized carbons (Fsp3) is 0.0238. The SMILES string of the molecule is c1ccc(-c2ccc(-c3cccc4c3Cc3ccc(-c5cccc(-c6nc(-c7ccccc7)nc(-c7ccccc7)n6)c5)cc3-4)cc2)cc1.c1ccc(-c2nc(-c3ccccc3)nc(-c3ccc(-c4ccc5c(c4)-c4cccc(-c6ccccc6)c4C5)cc3)n2)cc1.c1ccc(-c2nc(-c3ccccc3)nc(-c3cccc(-c4ccc5c(c4)-c4cccc(-c6ccccc6)c4C5)c3)n2)cc1. The molecule has 3 aliphatic carbocycles. The molecular formula is C126H85N9. The molecule has 634 valence electrons. The molecule has 0 bridgehead atoms. The molecule has 22 aromatic rings. The van der Waals surface area contributed by atoms with Crippen molar-refractivity contribution in [3.05, 3.63) is 513 Å². The summed E-state index contributed by atoms with van der Waals surface area (Å²) in [7, 11) is 0. The Hall–Kier alpha value is -17.8. The largest absolute Gasteiger partial charge is 0.208 e. The molecule has 0 saturated heterocycles. The average molecular weight is 1730 g/mol. The van der Waals surface area contributed by atoms with Crippen LogP contribution in [0.5, 0.6) is 0 Å². The van der Waals surface area contributed by atoms with Gasteiger partial charge in [-0.15, -0.1) is 0 Å². The summed E-state index contributed by atoms with van der Waals surface area (Å²) in [6.07, 6.45) is 2.84. The first kappa shape index (κ1) is 81.7. The number of benzene rings is 19. The fourth-order valence-corrected chi connectivity index (χ4v) is 19.0. The molecule has 0 unspecified atom stereocenters. The molecule has 0 spiro atoms. The summed E-state index contributed by atoms with van der Waals surface area (Å²) in [6.45, 7) is 0. The topological polar surface area (TPSA) is 116 Å². The molecule has 0 fully saturated rings. The van der Waals surface area contributed by atoms with E-state index in [9.17, 15) is 0 Å². The number of nitrogens with zero attached hydrogens (tertiary/aromatic N) is 9. The minimum Gasteiger partial charge on any atom is -0.208 e. The lowest BCUT2D eigenvalue weighted by molar-refractivity contribution is 1.07. The van der Waals surface area contributed by atoms with E-state index in [1.54, 1.807) is 0 Å². The third-order valence-electron chi connectivity index (χ3n) is 25.8. The van der Waals surface area contributed by atoms with Gasteiger partial charge >= 0.3 is 0 Å². The Bertz CT molecular complexity index is 7940. The molecule has 0 saturated carbocycles. The number of hydrogen-bond acceptors (Lipinski definition) is 9. The minimum absolute atomic E-state index is 0.656. The first-order valence-corrected chi connectivity index (χ1v) is 45.8. The van der Waals surface area contributed by atoms with E-state index in [-0.39, 0.29) is 0 Å². The Morgan fingerprint density at radius 2 is 0.267 bits per heavy atom. The molecular weight excluding hydrogens is 1640 g/mol. The van der Waals surface area contributed by atoms with E-state index < -0.39 is 0 Å². The normalized spacial score (nSPS) is 11.6. The fourth-order valence-electron chi connectivity index (χ4n) is 19.0. The van der Waals surface area contributed by atoms with E-state index >= 15 is 0 Å². The van der Waals surface area contributed by atoms with Gasteiger partial charge in [0.1, 0.15) is 0 Å². The van der Waals surface area contributed by atoms with Crippen LogP contribution in [-0.2, 0) is 19.3 Å². The Morgan fingerprint density at radius 1 is 0.104 bits per heavy atom. The van der Waals surface area contributed by atoms with Gasteiger partial charge in [0.2, 0.25) is 0 Å². The predicted octanol–water partition coefficient (Wildman–Crippen LogP) is 31.0. The van der Waals surface area contributed by atoms with Gasteiger partial charge in [-0.3, -0.25) is 0 Å². The van der Waals surface area contributed by atoms with Gasteiger partial charge < -0.3 is 0 Å². The van der Waals surface area contributed by atoms with E-state index in [0.29, 0.717) is 52.4 Å². The first-order valence-electron chi connectivity index (χ1n) is 45.8. The smallest absolute Gasteiger partial charge is 0.164 e. The molecule has 0 N–H and O–H groups in total. The second-order valence-corrected chi connectivity index (χ2v) is 34.2. The lowest BCUT2D eigenvalue weighted by Crippen LogP contribution is -2.00. The van der Waals surface area contributed by atoms with Crippen LogP contribution in [-0.4, -0.2) is 44.9 Å². The third-order valence-corrected chi connectivity index (χ3v) is 25.8. The zero-order valence-corrected chi connectivity index (χ0v) is 73.8. The summed E-state index contributed by atoms with van der Waals surface area (Å²) in [6, 6.07) is 168. The molecule has 25 rings (SSSR count). The maximum absolute atomic E-state index is 4.96. The van der Waals surface area contributed by atoms with Gasteiger partial charge in [0.25, 0.3) is 0 Å². The summed E-state index contributed by atoms with van der Waals surface area (Å²) >= 11 is 0. The van der Waals surface area contributed by atoms with Crippen molar-refractivity contribution >= 4 is 0 Å². The van der Waals surface area contributed by atoms with Crippen LogP contribution in [0.4, 0.5) is 0 Å². The van der Waals surface area contributed by atoms with Crippen LogP contribution < -0.4 is 0 Å². The van der Waals surface area contributed by atoms with Crippen molar-refractivity contribution in [3.63, 3.8) is 0 Å². The summed E-state index contributed by atoms with van der Waals surface area (Å²) in [5.41, 5.74) is 42.1. The van der Waals surface area contributed by atoms with Crippen LogP contribution in [0.15, 0.2) is 479 Å². The molecule has 135 heavy (non-hydrogen) atoms. The minimum atomic E-state index is 0.656.